The van der Waals surface area contributed by atoms with Crippen molar-refractivity contribution < 1.29 is 24.6 Å². The third kappa shape index (κ3) is 4.01. The summed E-state index contributed by atoms with van der Waals surface area (Å²) in [6.07, 6.45) is -0.638. The Morgan fingerprint density at radius 1 is 1.06 bits per heavy atom. The van der Waals surface area contributed by atoms with Crippen molar-refractivity contribution in [3.8, 4) is 0 Å². The number of carboxylic acid groups (broad SMARTS) is 2. The van der Waals surface area contributed by atoms with Crippen LogP contribution in [-0.2, 0) is 14.4 Å². The van der Waals surface area contributed by atoms with E-state index >= 15 is 0 Å². The molecule has 0 fully saturated rings. The SMILES string of the molecule is CC(C)(C)C(C)(C)C(=O)N[C@@H](CC(=O)O)C(=O)O. The van der Waals surface area contributed by atoms with E-state index in [1.54, 1.807) is 13.8 Å². The zero-order chi connectivity index (χ0) is 14.7. The summed E-state index contributed by atoms with van der Waals surface area (Å²) < 4.78 is 0. The number of carboxylic acids is 2. The van der Waals surface area contributed by atoms with Gasteiger partial charge in [-0.05, 0) is 5.41 Å². The molecule has 0 aliphatic rings. The number of amides is 1. The largest absolute Gasteiger partial charge is 0.481 e. The third-order valence-electron chi connectivity index (χ3n) is 3.42. The summed E-state index contributed by atoms with van der Waals surface area (Å²) in [5.74, 6) is -3.09. The molecule has 0 aromatic heterocycles. The number of rotatable bonds is 5. The molecule has 0 spiro atoms. The summed E-state index contributed by atoms with van der Waals surface area (Å²) in [4.78, 5) is 33.4. The molecule has 0 unspecified atom stereocenters. The second-order valence-electron chi connectivity index (χ2n) is 5.84. The van der Waals surface area contributed by atoms with E-state index in [2.05, 4.69) is 5.32 Å². The van der Waals surface area contributed by atoms with Crippen LogP contribution in [-0.4, -0.2) is 34.1 Å². The number of hydrogen-bond donors (Lipinski definition) is 3. The van der Waals surface area contributed by atoms with Crippen molar-refractivity contribution in [1.82, 2.24) is 5.32 Å². The maximum Gasteiger partial charge on any atom is 0.326 e. The predicted octanol–water partition coefficient (Wildman–Crippen LogP) is 1.10. The van der Waals surface area contributed by atoms with Gasteiger partial charge in [0.1, 0.15) is 6.04 Å². The molecule has 1 atom stereocenters. The maximum absolute atomic E-state index is 12.0. The van der Waals surface area contributed by atoms with Crippen LogP contribution in [0.5, 0.6) is 0 Å². The lowest BCUT2D eigenvalue weighted by atomic mass is 9.68. The summed E-state index contributed by atoms with van der Waals surface area (Å²) in [6.45, 7) is 8.97. The Bertz CT molecular complexity index is 354. The van der Waals surface area contributed by atoms with Crippen LogP contribution in [0.1, 0.15) is 41.0 Å². The minimum atomic E-state index is -1.41. The molecule has 0 rings (SSSR count). The lowest BCUT2D eigenvalue weighted by Crippen LogP contribution is -2.51. The number of hydrogen-bond acceptors (Lipinski definition) is 3. The van der Waals surface area contributed by atoms with E-state index in [0.717, 1.165) is 0 Å². The van der Waals surface area contributed by atoms with Gasteiger partial charge in [0.05, 0.1) is 6.42 Å². The second kappa shape index (κ2) is 5.37. The van der Waals surface area contributed by atoms with Gasteiger partial charge in [-0.25, -0.2) is 4.79 Å². The molecule has 18 heavy (non-hydrogen) atoms. The number of aliphatic carboxylic acids is 2. The predicted molar refractivity (Wildman–Crippen MR) is 65.1 cm³/mol. The van der Waals surface area contributed by atoms with E-state index in [-0.39, 0.29) is 5.41 Å². The Morgan fingerprint density at radius 2 is 1.50 bits per heavy atom. The first kappa shape index (κ1) is 16.4. The summed E-state index contributed by atoms with van der Waals surface area (Å²) in [5.41, 5.74) is -1.18. The zero-order valence-corrected chi connectivity index (χ0v) is 11.4. The second-order valence-corrected chi connectivity index (χ2v) is 5.84. The van der Waals surface area contributed by atoms with Crippen molar-refractivity contribution in [2.24, 2.45) is 10.8 Å². The van der Waals surface area contributed by atoms with Crippen LogP contribution in [0.15, 0.2) is 0 Å². The van der Waals surface area contributed by atoms with Gasteiger partial charge >= 0.3 is 11.9 Å². The van der Waals surface area contributed by atoms with Crippen LogP contribution >= 0.6 is 0 Å². The van der Waals surface area contributed by atoms with E-state index in [1.165, 1.54) is 0 Å². The van der Waals surface area contributed by atoms with Gasteiger partial charge in [-0.15, -0.1) is 0 Å². The van der Waals surface area contributed by atoms with Crippen LogP contribution in [0.25, 0.3) is 0 Å². The highest BCUT2D eigenvalue weighted by molar-refractivity contribution is 5.89. The smallest absolute Gasteiger partial charge is 0.326 e. The molecule has 0 aromatic rings. The summed E-state index contributed by atoms with van der Waals surface area (Å²) in [7, 11) is 0. The van der Waals surface area contributed by atoms with Gasteiger partial charge in [-0.1, -0.05) is 34.6 Å². The lowest BCUT2D eigenvalue weighted by Gasteiger charge is -2.37. The molecule has 0 radical (unpaired) electrons. The monoisotopic (exact) mass is 259 g/mol. The fourth-order valence-electron chi connectivity index (χ4n) is 1.05. The van der Waals surface area contributed by atoms with E-state index in [1.807, 2.05) is 20.8 Å². The van der Waals surface area contributed by atoms with Crippen LogP contribution < -0.4 is 5.32 Å². The van der Waals surface area contributed by atoms with Gasteiger partial charge in [0.15, 0.2) is 0 Å². The fraction of sp³-hybridized carbons (Fsp3) is 0.750. The first-order chi connectivity index (χ1) is 7.89. The summed E-state index contributed by atoms with van der Waals surface area (Å²) in [5, 5.41) is 19.7. The topological polar surface area (TPSA) is 104 Å². The average molecular weight is 259 g/mol. The first-order valence-electron chi connectivity index (χ1n) is 5.65. The van der Waals surface area contributed by atoms with Crippen molar-refractivity contribution in [3.63, 3.8) is 0 Å². The normalized spacial score (nSPS) is 13.8. The number of carbonyl (C=O) groups excluding carboxylic acids is 1. The Hall–Kier alpha value is -1.59. The third-order valence-corrected chi connectivity index (χ3v) is 3.42. The molecule has 0 heterocycles. The van der Waals surface area contributed by atoms with E-state index in [4.69, 9.17) is 10.2 Å². The molecular formula is C12H21NO5. The van der Waals surface area contributed by atoms with E-state index < -0.39 is 35.7 Å². The quantitative estimate of drug-likeness (QED) is 0.686. The highest BCUT2D eigenvalue weighted by Crippen LogP contribution is 2.37. The molecule has 3 N–H and O–H groups in total. The van der Waals surface area contributed by atoms with Crippen LogP contribution in [0, 0.1) is 10.8 Å². The van der Waals surface area contributed by atoms with Crippen molar-refractivity contribution in [2.45, 2.75) is 47.1 Å². The molecule has 6 heteroatoms. The molecule has 1 amide bonds. The standard InChI is InChI=1S/C12H21NO5/c1-11(2,3)12(4,5)10(18)13-7(9(16)17)6-8(14)15/h7H,6H2,1-5H3,(H,13,18)(H,14,15)(H,16,17)/t7-/m0/s1. The molecule has 0 aromatic carbocycles. The van der Waals surface area contributed by atoms with Crippen molar-refractivity contribution in [3.05, 3.63) is 0 Å². The number of nitrogens with one attached hydrogen (secondary N) is 1. The highest BCUT2D eigenvalue weighted by atomic mass is 16.4. The average Bonchev–Trinajstić information content (AvgIpc) is 2.13. The van der Waals surface area contributed by atoms with Crippen molar-refractivity contribution in [1.29, 1.82) is 0 Å². The molecule has 0 aliphatic carbocycles. The van der Waals surface area contributed by atoms with Gasteiger partial charge in [0, 0.05) is 5.41 Å². The van der Waals surface area contributed by atoms with E-state index in [0.29, 0.717) is 0 Å². The van der Waals surface area contributed by atoms with Gasteiger partial charge in [-0.3, -0.25) is 9.59 Å². The summed E-state index contributed by atoms with van der Waals surface area (Å²) >= 11 is 0. The molecule has 6 nitrogen and oxygen atoms in total. The molecular weight excluding hydrogens is 238 g/mol. The zero-order valence-electron chi connectivity index (χ0n) is 11.4. The highest BCUT2D eigenvalue weighted by Gasteiger charge is 2.41. The molecule has 0 bridgehead atoms. The van der Waals surface area contributed by atoms with Gasteiger partial charge < -0.3 is 15.5 Å². The van der Waals surface area contributed by atoms with Crippen molar-refractivity contribution >= 4 is 17.8 Å². The Kier molecular flexibility index (Phi) is 4.90. The van der Waals surface area contributed by atoms with Crippen LogP contribution in [0.2, 0.25) is 0 Å². The van der Waals surface area contributed by atoms with Gasteiger partial charge in [0.25, 0.3) is 0 Å². The number of carbonyl (C=O) groups is 3. The Balaban J connectivity index is 4.91. The minimum absolute atomic E-state index is 0.372. The Morgan fingerprint density at radius 3 is 1.78 bits per heavy atom. The maximum atomic E-state index is 12.0. The fourth-order valence-corrected chi connectivity index (χ4v) is 1.05. The van der Waals surface area contributed by atoms with Crippen molar-refractivity contribution in [2.75, 3.05) is 0 Å². The summed E-state index contributed by atoms with van der Waals surface area (Å²) in [6, 6.07) is -1.41. The van der Waals surface area contributed by atoms with Crippen LogP contribution in [0.3, 0.4) is 0 Å². The molecule has 104 valence electrons. The Labute approximate surface area is 106 Å². The van der Waals surface area contributed by atoms with E-state index in [9.17, 15) is 14.4 Å². The molecule has 0 aliphatic heterocycles. The minimum Gasteiger partial charge on any atom is -0.481 e. The van der Waals surface area contributed by atoms with Gasteiger partial charge in [0.2, 0.25) is 5.91 Å². The van der Waals surface area contributed by atoms with Crippen LogP contribution in [0.4, 0.5) is 0 Å². The molecule has 0 saturated carbocycles. The van der Waals surface area contributed by atoms with Gasteiger partial charge in [-0.2, -0.15) is 0 Å². The lowest BCUT2D eigenvalue weighted by molar-refractivity contribution is -0.149. The first-order valence-corrected chi connectivity index (χ1v) is 5.65. The molecule has 0 saturated heterocycles.